The fraction of sp³-hybridized carbons (Fsp3) is 0.133. The van der Waals surface area contributed by atoms with Crippen molar-refractivity contribution < 1.29 is 9.53 Å². The van der Waals surface area contributed by atoms with Crippen LogP contribution in [0.25, 0.3) is 6.08 Å². The zero-order chi connectivity index (χ0) is 14.2. The Hall–Kier alpha value is -2.01. The molecule has 0 aliphatic rings. The molecule has 2 aromatic rings. The number of rotatable bonds is 5. The van der Waals surface area contributed by atoms with E-state index in [-0.39, 0.29) is 6.61 Å². The normalized spacial score (nSPS) is 10.7. The first-order chi connectivity index (χ1) is 9.74. The summed E-state index contributed by atoms with van der Waals surface area (Å²) in [7, 11) is 0. The third kappa shape index (κ3) is 4.93. The fourth-order valence-corrected chi connectivity index (χ4v) is 1.94. The highest BCUT2D eigenvalue weighted by Crippen LogP contribution is 2.11. The Morgan fingerprint density at radius 3 is 2.85 bits per heavy atom. The lowest BCUT2D eigenvalue weighted by Gasteiger charge is -2.05. The van der Waals surface area contributed by atoms with Gasteiger partial charge in [0.05, 0.1) is 0 Å². The van der Waals surface area contributed by atoms with Gasteiger partial charge in [0, 0.05) is 22.9 Å². The predicted octanol–water partition coefficient (Wildman–Crippen LogP) is 3.72. The second kappa shape index (κ2) is 7.55. The maximum atomic E-state index is 11.4. The summed E-state index contributed by atoms with van der Waals surface area (Å²) >= 11 is 3.35. The van der Waals surface area contributed by atoms with Crippen LogP contribution < -0.4 is 5.32 Å². The topological polar surface area (TPSA) is 54.1 Å². The van der Waals surface area contributed by atoms with Crippen LogP contribution >= 0.6 is 15.9 Å². The number of H-pyrrole nitrogens is 1. The van der Waals surface area contributed by atoms with Crippen LogP contribution in [0.2, 0.25) is 0 Å². The van der Waals surface area contributed by atoms with Gasteiger partial charge in [-0.2, -0.15) is 0 Å². The summed E-state index contributed by atoms with van der Waals surface area (Å²) in [6.07, 6.45) is 5.16. The van der Waals surface area contributed by atoms with Gasteiger partial charge in [-0.05, 0) is 33.6 Å². The summed E-state index contributed by atoms with van der Waals surface area (Å²) in [5.74, 6) is 0. The molecule has 0 saturated heterocycles. The van der Waals surface area contributed by atoms with Gasteiger partial charge in [-0.3, -0.25) is 0 Å². The van der Waals surface area contributed by atoms with Crippen LogP contribution in [0.1, 0.15) is 11.3 Å². The Morgan fingerprint density at radius 1 is 1.35 bits per heavy atom. The molecule has 1 heterocycles. The molecule has 0 saturated carbocycles. The van der Waals surface area contributed by atoms with Gasteiger partial charge in [-0.15, -0.1) is 0 Å². The molecular formula is C15H15BrN2O2. The zero-order valence-corrected chi connectivity index (χ0v) is 12.4. The second-order valence-corrected chi connectivity index (χ2v) is 5.03. The van der Waals surface area contributed by atoms with E-state index in [4.69, 9.17) is 4.74 Å². The van der Waals surface area contributed by atoms with Crippen LogP contribution in [-0.2, 0) is 11.3 Å². The van der Waals surface area contributed by atoms with Crippen molar-refractivity contribution in [3.8, 4) is 0 Å². The van der Waals surface area contributed by atoms with E-state index in [1.54, 1.807) is 0 Å². The molecule has 2 N–H and O–H groups in total. The van der Waals surface area contributed by atoms with Crippen molar-refractivity contribution in [2.75, 3.05) is 6.54 Å². The van der Waals surface area contributed by atoms with Gasteiger partial charge in [0.1, 0.15) is 6.61 Å². The van der Waals surface area contributed by atoms with Crippen molar-refractivity contribution in [1.29, 1.82) is 0 Å². The number of halogens is 1. The number of nitrogens with one attached hydrogen (secondary N) is 2. The molecule has 0 unspecified atom stereocenters. The van der Waals surface area contributed by atoms with E-state index in [0.29, 0.717) is 6.54 Å². The Morgan fingerprint density at radius 2 is 2.15 bits per heavy atom. The lowest BCUT2D eigenvalue weighted by molar-refractivity contribution is 0.141. The Balaban J connectivity index is 1.66. The largest absolute Gasteiger partial charge is 0.445 e. The minimum Gasteiger partial charge on any atom is -0.445 e. The van der Waals surface area contributed by atoms with Gasteiger partial charge >= 0.3 is 6.09 Å². The van der Waals surface area contributed by atoms with Gasteiger partial charge in [-0.25, -0.2) is 4.79 Å². The van der Waals surface area contributed by atoms with Crippen molar-refractivity contribution in [3.63, 3.8) is 0 Å². The SMILES string of the molecule is O=C(NCC=Cc1cc(Br)c[nH]1)OCc1ccccc1. The van der Waals surface area contributed by atoms with Crippen molar-refractivity contribution in [2.45, 2.75) is 6.61 Å². The first kappa shape index (κ1) is 14.4. The van der Waals surface area contributed by atoms with E-state index in [1.165, 1.54) is 0 Å². The van der Waals surface area contributed by atoms with Crippen LogP contribution in [0, 0.1) is 0 Å². The first-order valence-corrected chi connectivity index (χ1v) is 6.98. The number of aromatic amines is 1. The molecule has 0 spiro atoms. The van der Waals surface area contributed by atoms with Crippen LogP contribution in [-0.4, -0.2) is 17.6 Å². The van der Waals surface area contributed by atoms with E-state index in [2.05, 4.69) is 26.2 Å². The molecule has 1 aromatic heterocycles. The number of carbonyl (C=O) groups is 1. The number of aromatic nitrogens is 1. The second-order valence-electron chi connectivity index (χ2n) is 4.12. The highest BCUT2D eigenvalue weighted by atomic mass is 79.9. The molecular weight excluding hydrogens is 320 g/mol. The number of ether oxygens (including phenoxy) is 1. The minimum absolute atomic E-state index is 0.278. The summed E-state index contributed by atoms with van der Waals surface area (Å²) in [5.41, 5.74) is 1.94. The molecule has 0 atom stereocenters. The van der Waals surface area contributed by atoms with E-state index in [9.17, 15) is 4.79 Å². The number of carbonyl (C=O) groups excluding carboxylic acids is 1. The molecule has 0 aliphatic carbocycles. The van der Waals surface area contributed by atoms with E-state index < -0.39 is 6.09 Å². The van der Waals surface area contributed by atoms with Gasteiger partial charge in [0.2, 0.25) is 0 Å². The lowest BCUT2D eigenvalue weighted by atomic mass is 10.2. The number of hydrogen-bond acceptors (Lipinski definition) is 2. The van der Waals surface area contributed by atoms with Crippen LogP contribution in [0.4, 0.5) is 4.79 Å². The molecule has 0 bridgehead atoms. The molecule has 20 heavy (non-hydrogen) atoms. The molecule has 0 fully saturated rings. The third-order valence-electron chi connectivity index (χ3n) is 2.54. The quantitative estimate of drug-likeness (QED) is 0.875. The lowest BCUT2D eigenvalue weighted by Crippen LogP contribution is -2.24. The molecule has 2 rings (SSSR count). The van der Waals surface area contributed by atoms with Gasteiger partial charge in [-0.1, -0.05) is 36.4 Å². The summed E-state index contributed by atoms with van der Waals surface area (Å²) in [6.45, 7) is 0.699. The Labute approximate surface area is 126 Å². The summed E-state index contributed by atoms with van der Waals surface area (Å²) < 4.78 is 6.08. The standard InChI is InChI=1S/C15H15BrN2O2/c16-13-9-14(18-10-13)7-4-8-17-15(19)20-11-12-5-2-1-3-6-12/h1-7,9-10,18H,8,11H2,(H,17,19). The summed E-state index contributed by atoms with van der Waals surface area (Å²) in [4.78, 5) is 14.5. The molecule has 5 heteroatoms. The predicted molar refractivity (Wildman–Crippen MR) is 82.2 cm³/mol. The monoisotopic (exact) mass is 334 g/mol. The smallest absolute Gasteiger partial charge is 0.407 e. The fourth-order valence-electron chi connectivity index (χ4n) is 1.58. The van der Waals surface area contributed by atoms with E-state index in [1.807, 2.05) is 54.7 Å². The number of benzene rings is 1. The van der Waals surface area contributed by atoms with Crippen molar-refractivity contribution in [2.24, 2.45) is 0 Å². The maximum absolute atomic E-state index is 11.4. The van der Waals surface area contributed by atoms with Gasteiger partial charge in [0.15, 0.2) is 0 Å². The summed E-state index contributed by atoms with van der Waals surface area (Å²) in [6, 6.07) is 11.5. The van der Waals surface area contributed by atoms with E-state index in [0.717, 1.165) is 15.7 Å². The average Bonchev–Trinajstić information content (AvgIpc) is 2.88. The Kier molecular flexibility index (Phi) is 5.43. The third-order valence-corrected chi connectivity index (χ3v) is 3.00. The highest BCUT2D eigenvalue weighted by Gasteiger charge is 2.00. The number of amides is 1. The van der Waals surface area contributed by atoms with Gasteiger partial charge in [0.25, 0.3) is 0 Å². The average molecular weight is 335 g/mol. The molecule has 104 valence electrons. The van der Waals surface area contributed by atoms with Crippen molar-refractivity contribution in [3.05, 3.63) is 64.4 Å². The zero-order valence-electron chi connectivity index (χ0n) is 10.8. The molecule has 1 aromatic carbocycles. The first-order valence-electron chi connectivity index (χ1n) is 6.19. The molecule has 4 nitrogen and oxygen atoms in total. The number of alkyl carbamates (subject to hydrolysis) is 1. The van der Waals surface area contributed by atoms with Crippen molar-refractivity contribution >= 4 is 28.1 Å². The molecule has 1 amide bonds. The van der Waals surface area contributed by atoms with Crippen LogP contribution in [0.5, 0.6) is 0 Å². The van der Waals surface area contributed by atoms with Crippen molar-refractivity contribution in [1.82, 2.24) is 10.3 Å². The van der Waals surface area contributed by atoms with Gasteiger partial charge < -0.3 is 15.0 Å². The summed E-state index contributed by atoms with van der Waals surface area (Å²) in [5, 5.41) is 2.66. The number of hydrogen-bond donors (Lipinski definition) is 2. The van der Waals surface area contributed by atoms with E-state index >= 15 is 0 Å². The minimum atomic E-state index is -0.425. The van der Waals surface area contributed by atoms with Crippen LogP contribution in [0.3, 0.4) is 0 Å². The highest BCUT2D eigenvalue weighted by molar-refractivity contribution is 9.10. The van der Waals surface area contributed by atoms with Crippen LogP contribution in [0.15, 0.2) is 53.1 Å². The Bertz CT molecular complexity index is 579. The molecule has 0 aliphatic heterocycles. The maximum Gasteiger partial charge on any atom is 0.407 e. The molecule has 0 radical (unpaired) electrons.